The molecule has 8 heteroatoms. The number of thiophene rings is 1. The molecule has 1 aromatic heterocycles. The number of hydrogen-bond acceptors (Lipinski definition) is 4. The second-order valence-corrected chi connectivity index (χ2v) is 12.1. The lowest BCUT2D eigenvalue weighted by atomic mass is 9.93. The van der Waals surface area contributed by atoms with Crippen molar-refractivity contribution in [2.75, 3.05) is 13.1 Å². The van der Waals surface area contributed by atoms with Crippen LogP contribution in [-0.2, 0) is 21.2 Å². The van der Waals surface area contributed by atoms with E-state index in [0.29, 0.717) is 13.0 Å². The molecule has 36 heavy (non-hydrogen) atoms. The summed E-state index contributed by atoms with van der Waals surface area (Å²) in [5.41, 5.74) is 1.82. The number of benzene rings is 3. The summed E-state index contributed by atoms with van der Waals surface area (Å²) in [4.78, 5) is 16.8. The first kappa shape index (κ1) is 24.6. The van der Waals surface area contributed by atoms with Crippen LogP contribution < -0.4 is 0 Å². The van der Waals surface area contributed by atoms with E-state index in [1.165, 1.54) is 21.3 Å². The highest BCUT2D eigenvalue weighted by Gasteiger charge is 2.36. The first-order valence-electron chi connectivity index (χ1n) is 11.9. The Kier molecular flexibility index (Phi) is 6.68. The largest absolute Gasteiger partial charge is 0.330 e. The molecule has 1 atom stereocenters. The van der Waals surface area contributed by atoms with Crippen molar-refractivity contribution in [3.8, 4) is 0 Å². The summed E-state index contributed by atoms with van der Waals surface area (Å²) >= 11 is 1.64. The van der Waals surface area contributed by atoms with Gasteiger partial charge in [-0.1, -0.05) is 42.5 Å². The first-order chi connectivity index (χ1) is 17.3. The molecule has 0 saturated carbocycles. The van der Waals surface area contributed by atoms with Gasteiger partial charge in [-0.05, 0) is 77.9 Å². The zero-order valence-corrected chi connectivity index (χ0v) is 21.7. The molecule has 3 aromatic carbocycles. The number of rotatable bonds is 6. The van der Waals surface area contributed by atoms with Gasteiger partial charge in [-0.3, -0.25) is 4.79 Å². The SMILES string of the molecule is CC(C)N(CC(=O)N1CCc2sccc2C1c1ccc(F)cc1)S(=O)(=O)c1ccc2ccccc2c1. The van der Waals surface area contributed by atoms with Crippen LogP contribution in [0.25, 0.3) is 10.8 Å². The third-order valence-corrected chi connectivity index (χ3v) is 9.68. The van der Waals surface area contributed by atoms with Crippen LogP contribution in [0.3, 0.4) is 0 Å². The van der Waals surface area contributed by atoms with Crippen molar-refractivity contribution in [3.63, 3.8) is 0 Å². The molecule has 5 nitrogen and oxygen atoms in total. The minimum atomic E-state index is -3.92. The van der Waals surface area contributed by atoms with Crippen LogP contribution in [0.2, 0.25) is 0 Å². The second-order valence-electron chi connectivity index (χ2n) is 9.24. The lowest BCUT2D eigenvalue weighted by molar-refractivity contribution is -0.133. The van der Waals surface area contributed by atoms with E-state index in [9.17, 15) is 17.6 Å². The van der Waals surface area contributed by atoms with Gasteiger partial charge >= 0.3 is 0 Å². The minimum Gasteiger partial charge on any atom is -0.330 e. The maximum absolute atomic E-state index is 13.7. The molecule has 0 saturated heterocycles. The van der Waals surface area contributed by atoms with E-state index in [1.807, 2.05) is 35.7 Å². The van der Waals surface area contributed by atoms with E-state index in [2.05, 4.69) is 0 Å². The Balaban J connectivity index is 1.47. The molecule has 0 fully saturated rings. The number of nitrogens with zero attached hydrogens (tertiary/aromatic N) is 2. The van der Waals surface area contributed by atoms with Crippen LogP contribution in [0, 0.1) is 5.82 Å². The molecule has 1 amide bonds. The number of amides is 1. The van der Waals surface area contributed by atoms with Crippen LogP contribution in [0.15, 0.2) is 83.1 Å². The third-order valence-electron chi connectivity index (χ3n) is 6.67. The maximum Gasteiger partial charge on any atom is 0.243 e. The van der Waals surface area contributed by atoms with Gasteiger partial charge in [0.25, 0.3) is 0 Å². The maximum atomic E-state index is 13.7. The number of halogens is 1. The fourth-order valence-corrected chi connectivity index (χ4v) is 7.35. The van der Waals surface area contributed by atoms with Crippen molar-refractivity contribution in [2.24, 2.45) is 0 Å². The van der Waals surface area contributed by atoms with Gasteiger partial charge in [0.2, 0.25) is 15.9 Å². The molecular formula is C28H27FN2O3S2. The van der Waals surface area contributed by atoms with Crippen molar-refractivity contribution in [3.05, 3.63) is 100.0 Å². The molecule has 0 N–H and O–H groups in total. The first-order valence-corrected chi connectivity index (χ1v) is 14.2. The standard InChI is InChI=1S/C28H27FN2O3S2/c1-19(2)31(36(33,34)24-12-9-20-5-3-4-6-22(20)17-24)18-27(32)30-15-13-26-25(14-16-35-26)28(30)21-7-10-23(29)11-8-21/h3-12,14,16-17,19,28H,13,15,18H2,1-2H3. The summed E-state index contributed by atoms with van der Waals surface area (Å²) in [6.45, 7) is 3.74. The highest BCUT2D eigenvalue weighted by molar-refractivity contribution is 7.89. The van der Waals surface area contributed by atoms with Crippen molar-refractivity contribution in [1.29, 1.82) is 0 Å². The van der Waals surface area contributed by atoms with Crippen molar-refractivity contribution in [2.45, 2.75) is 37.2 Å². The zero-order chi connectivity index (χ0) is 25.4. The highest BCUT2D eigenvalue weighted by Crippen LogP contribution is 2.38. The smallest absolute Gasteiger partial charge is 0.243 e. The minimum absolute atomic E-state index is 0.163. The summed E-state index contributed by atoms with van der Waals surface area (Å²) < 4.78 is 42.3. The molecule has 2 heterocycles. The Morgan fingerprint density at radius 3 is 2.50 bits per heavy atom. The molecule has 5 rings (SSSR count). The van der Waals surface area contributed by atoms with Crippen molar-refractivity contribution < 1.29 is 17.6 Å². The average Bonchev–Trinajstić information content (AvgIpc) is 3.35. The van der Waals surface area contributed by atoms with E-state index < -0.39 is 16.1 Å². The predicted molar refractivity (Wildman–Crippen MR) is 141 cm³/mol. The summed E-state index contributed by atoms with van der Waals surface area (Å²) in [7, 11) is -3.92. The van der Waals surface area contributed by atoms with Crippen LogP contribution >= 0.6 is 11.3 Å². The van der Waals surface area contributed by atoms with Crippen molar-refractivity contribution in [1.82, 2.24) is 9.21 Å². The third kappa shape index (κ3) is 4.56. The molecule has 1 unspecified atom stereocenters. The quantitative estimate of drug-likeness (QED) is 0.331. The Labute approximate surface area is 214 Å². The number of carbonyl (C=O) groups is 1. The van der Waals surface area contributed by atoms with Gasteiger partial charge in [-0.25, -0.2) is 12.8 Å². The van der Waals surface area contributed by atoms with Crippen LogP contribution in [0.1, 0.15) is 35.9 Å². The summed E-state index contributed by atoms with van der Waals surface area (Å²) in [5, 5.41) is 3.77. The lowest BCUT2D eigenvalue weighted by Gasteiger charge is -2.38. The Morgan fingerprint density at radius 2 is 1.78 bits per heavy atom. The van der Waals surface area contributed by atoms with E-state index in [4.69, 9.17) is 0 Å². The van der Waals surface area contributed by atoms with Gasteiger partial charge in [-0.2, -0.15) is 4.31 Å². The second kappa shape index (κ2) is 9.76. The predicted octanol–water partition coefficient (Wildman–Crippen LogP) is 5.61. The molecule has 0 aliphatic carbocycles. The van der Waals surface area contributed by atoms with Gasteiger partial charge in [0.1, 0.15) is 5.82 Å². The molecule has 186 valence electrons. The van der Waals surface area contributed by atoms with Crippen LogP contribution in [0.5, 0.6) is 0 Å². The summed E-state index contributed by atoms with van der Waals surface area (Å²) in [6.07, 6.45) is 0.704. The fourth-order valence-electron chi connectivity index (χ4n) is 4.82. The topological polar surface area (TPSA) is 57.7 Å². The average molecular weight is 523 g/mol. The van der Waals surface area contributed by atoms with Gasteiger partial charge in [0, 0.05) is 17.5 Å². The van der Waals surface area contributed by atoms with E-state index in [1.54, 1.807) is 60.4 Å². The van der Waals surface area contributed by atoms with Gasteiger partial charge in [0.15, 0.2) is 0 Å². The fraction of sp³-hybridized carbons (Fsp3) is 0.250. The highest BCUT2D eigenvalue weighted by atomic mass is 32.2. The number of hydrogen-bond donors (Lipinski definition) is 0. The van der Waals surface area contributed by atoms with Gasteiger partial charge in [-0.15, -0.1) is 11.3 Å². The Hall–Kier alpha value is -3.07. The summed E-state index contributed by atoms with van der Waals surface area (Å²) in [6, 6.07) is 20.0. The Bertz CT molecular complexity index is 1510. The molecule has 1 aliphatic heterocycles. The molecule has 0 spiro atoms. The van der Waals surface area contributed by atoms with E-state index in [0.717, 1.165) is 21.9 Å². The molecule has 0 radical (unpaired) electrons. The molecule has 0 bridgehead atoms. The molecular weight excluding hydrogens is 495 g/mol. The summed E-state index contributed by atoms with van der Waals surface area (Å²) in [5.74, 6) is -0.621. The van der Waals surface area contributed by atoms with Gasteiger partial charge < -0.3 is 4.90 Å². The monoisotopic (exact) mass is 522 g/mol. The lowest BCUT2D eigenvalue weighted by Crippen LogP contribution is -2.48. The number of sulfonamides is 1. The number of carbonyl (C=O) groups excluding carboxylic acids is 1. The zero-order valence-electron chi connectivity index (χ0n) is 20.1. The normalized spacial score (nSPS) is 16.0. The number of fused-ring (bicyclic) bond motifs is 2. The molecule has 4 aromatic rings. The Morgan fingerprint density at radius 1 is 1.06 bits per heavy atom. The van der Waals surface area contributed by atoms with Crippen LogP contribution in [-0.4, -0.2) is 42.7 Å². The van der Waals surface area contributed by atoms with Crippen molar-refractivity contribution >= 4 is 38.0 Å². The van der Waals surface area contributed by atoms with Crippen LogP contribution in [0.4, 0.5) is 4.39 Å². The molecule has 1 aliphatic rings. The van der Waals surface area contributed by atoms with E-state index >= 15 is 0 Å². The van der Waals surface area contributed by atoms with E-state index in [-0.39, 0.29) is 29.2 Å². The van der Waals surface area contributed by atoms with Gasteiger partial charge in [0.05, 0.1) is 17.5 Å².